The van der Waals surface area contributed by atoms with Crippen molar-refractivity contribution in [3.05, 3.63) is 91.0 Å². The summed E-state index contributed by atoms with van der Waals surface area (Å²) in [5.74, 6) is 0.292. The first-order chi connectivity index (χ1) is 15.3. The number of ether oxygens (including phenoxy) is 1. The Bertz CT molecular complexity index is 913. The fourth-order valence-corrected chi connectivity index (χ4v) is 10.2. The minimum atomic E-state index is -2.17. The second-order valence-corrected chi connectivity index (χ2v) is 12.1. The van der Waals surface area contributed by atoms with E-state index in [1.807, 2.05) is 0 Å². The first-order valence-corrected chi connectivity index (χ1v) is 13.1. The molecule has 3 aromatic rings. The lowest BCUT2D eigenvalue weighted by Crippen LogP contribution is -3.00. The maximum Gasteiger partial charge on any atom is 0.264 e. The Morgan fingerprint density at radius 2 is 1.28 bits per heavy atom. The van der Waals surface area contributed by atoms with E-state index in [-0.39, 0.29) is 28.7 Å². The van der Waals surface area contributed by atoms with Gasteiger partial charge in [0, 0.05) is 26.1 Å². The molecule has 5 rings (SSSR count). The molecule has 0 N–H and O–H groups in total. The molecule has 2 atom stereocenters. The van der Waals surface area contributed by atoms with Gasteiger partial charge in [0.05, 0.1) is 6.10 Å². The minimum absolute atomic E-state index is 0. The van der Waals surface area contributed by atoms with Crippen molar-refractivity contribution in [3.8, 4) is 0 Å². The number of hydrogen-bond donors (Lipinski definition) is 0. The maximum atomic E-state index is 14.0. The lowest BCUT2D eigenvalue weighted by Gasteiger charge is -2.32. The average molecular weight is 510 g/mol. The summed E-state index contributed by atoms with van der Waals surface area (Å²) in [4.78, 5) is 16.0. The van der Waals surface area contributed by atoms with E-state index in [2.05, 4.69) is 95.9 Å². The van der Waals surface area contributed by atoms with Gasteiger partial charge in [0.25, 0.3) is 5.91 Å². The zero-order valence-corrected chi connectivity index (χ0v) is 20.6. The van der Waals surface area contributed by atoms with Crippen LogP contribution in [-0.2, 0) is 9.53 Å². The molecule has 0 radical (unpaired) electrons. The molecule has 0 aromatic heterocycles. The lowest BCUT2D eigenvalue weighted by atomic mass is 10.2. The van der Waals surface area contributed by atoms with Crippen LogP contribution in [0.3, 0.4) is 0 Å². The number of nitrogens with zero attached hydrogens (tertiary/aromatic N) is 1. The molecule has 2 saturated heterocycles. The Hall–Kier alpha value is -2.00. The molecule has 2 aliphatic rings. The molecule has 3 aromatic carbocycles. The molecule has 0 unspecified atom stereocenters. The second kappa shape index (κ2) is 10.3. The highest BCUT2D eigenvalue weighted by Crippen LogP contribution is 2.62. The summed E-state index contributed by atoms with van der Waals surface area (Å²) in [6.07, 6.45) is 3.24. The molecular weight excluding hydrogens is 481 g/mol. The van der Waals surface area contributed by atoms with Gasteiger partial charge in [-0.2, -0.15) is 0 Å². The summed E-state index contributed by atoms with van der Waals surface area (Å²) in [7, 11) is -2.17. The Morgan fingerprint density at radius 3 is 1.72 bits per heavy atom. The Balaban J connectivity index is 0.00000245. The van der Waals surface area contributed by atoms with E-state index in [0.29, 0.717) is 5.91 Å². The summed E-state index contributed by atoms with van der Waals surface area (Å²) in [5, 5.41) is 3.85. The van der Waals surface area contributed by atoms with E-state index in [1.54, 1.807) is 0 Å². The monoisotopic (exact) mass is 509 g/mol. The maximum absolute atomic E-state index is 14.0. The van der Waals surface area contributed by atoms with Crippen molar-refractivity contribution in [3.63, 3.8) is 0 Å². The quantitative estimate of drug-likeness (QED) is 0.459. The van der Waals surface area contributed by atoms with Crippen LogP contribution in [0.4, 0.5) is 0 Å². The van der Waals surface area contributed by atoms with Crippen molar-refractivity contribution >= 4 is 29.1 Å². The second-order valence-electron chi connectivity index (χ2n) is 8.45. The van der Waals surface area contributed by atoms with Crippen LogP contribution in [0.1, 0.15) is 19.3 Å². The fraction of sp³-hybridized carbons (Fsp3) is 0.296. The molecular formula is C27H29BrNO2P. The molecule has 2 aliphatic heterocycles. The van der Waals surface area contributed by atoms with Crippen molar-refractivity contribution < 1.29 is 26.5 Å². The van der Waals surface area contributed by atoms with E-state index in [0.717, 1.165) is 39.0 Å². The Morgan fingerprint density at radius 1 is 0.781 bits per heavy atom. The number of amides is 1. The number of benzene rings is 3. The van der Waals surface area contributed by atoms with Gasteiger partial charge in [-0.15, -0.1) is 0 Å². The number of halogens is 1. The van der Waals surface area contributed by atoms with E-state index >= 15 is 0 Å². The van der Waals surface area contributed by atoms with Crippen molar-refractivity contribution in [2.75, 3.05) is 19.7 Å². The van der Waals surface area contributed by atoms with Gasteiger partial charge in [0.1, 0.15) is 23.2 Å². The summed E-state index contributed by atoms with van der Waals surface area (Å²) >= 11 is 0. The third-order valence-electron chi connectivity index (χ3n) is 6.68. The number of rotatable bonds is 6. The highest BCUT2D eigenvalue weighted by atomic mass is 79.9. The zero-order chi connectivity index (χ0) is 21.1. The summed E-state index contributed by atoms with van der Waals surface area (Å²) in [6.45, 7) is 2.37. The largest absolute Gasteiger partial charge is 1.00 e. The normalized spacial score (nSPS) is 20.9. The molecule has 1 amide bonds. The molecule has 3 nitrogen and oxygen atoms in total. The topological polar surface area (TPSA) is 29.5 Å². The molecule has 32 heavy (non-hydrogen) atoms. The number of likely N-dealkylation sites (tertiary alicyclic amines) is 1. The van der Waals surface area contributed by atoms with Crippen LogP contribution in [-0.4, -0.2) is 42.3 Å². The van der Waals surface area contributed by atoms with Crippen LogP contribution in [0.5, 0.6) is 0 Å². The van der Waals surface area contributed by atoms with Gasteiger partial charge < -0.3 is 26.6 Å². The molecule has 0 bridgehead atoms. The van der Waals surface area contributed by atoms with Gasteiger partial charge in [0.15, 0.2) is 5.66 Å². The van der Waals surface area contributed by atoms with Crippen LogP contribution >= 0.6 is 7.26 Å². The van der Waals surface area contributed by atoms with Crippen molar-refractivity contribution in [2.24, 2.45) is 0 Å². The first kappa shape index (κ1) is 23.2. The molecule has 2 fully saturated rings. The summed E-state index contributed by atoms with van der Waals surface area (Å²) in [5.41, 5.74) is -0.0406. The summed E-state index contributed by atoms with van der Waals surface area (Å²) < 4.78 is 5.85. The van der Waals surface area contributed by atoms with Crippen LogP contribution in [0.2, 0.25) is 0 Å². The molecule has 166 valence electrons. The van der Waals surface area contributed by atoms with Gasteiger partial charge in [-0.3, -0.25) is 4.79 Å². The smallest absolute Gasteiger partial charge is 0.264 e. The molecule has 0 aliphatic carbocycles. The van der Waals surface area contributed by atoms with Crippen molar-refractivity contribution in [1.82, 2.24) is 4.90 Å². The third-order valence-corrected chi connectivity index (χ3v) is 11.4. The van der Waals surface area contributed by atoms with Crippen LogP contribution in [0, 0.1) is 0 Å². The fourth-order valence-electron chi connectivity index (χ4n) is 5.27. The van der Waals surface area contributed by atoms with Gasteiger partial charge in [-0.25, -0.2) is 0 Å². The van der Waals surface area contributed by atoms with Crippen molar-refractivity contribution in [2.45, 2.75) is 31.0 Å². The first-order valence-electron chi connectivity index (χ1n) is 11.3. The van der Waals surface area contributed by atoms with E-state index in [1.165, 1.54) is 15.9 Å². The molecule has 5 heteroatoms. The van der Waals surface area contributed by atoms with Crippen LogP contribution in [0.25, 0.3) is 0 Å². The predicted octanol–water partition coefficient (Wildman–Crippen LogP) is 0.764. The Labute approximate surface area is 201 Å². The van der Waals surface area contributed by atoms with Crippen LogP contribution in [0.15, 0.2) is 91.0 Å². The summed E-state index contributed by atoms with van der Waals surface area (Å²) in [6, 6.07) is 32.2. The standard InChI is InChI=1S/C27H29NO2P.BrH/c29-27-26(18-19-28(27)21-22-11-10-20-30-22)31(23-12-4-1-5-13-23,24-14-6-2-7-15-24)25-16-8-3-9-17-25;/h1-9,12-17,22,26H,10-11,18-21H2;1H/q+1;/p-1/t22-,26+;/m1./s1. The van der Waals surface area contributed by atoms with E-state index in [4.69, 9.17) is 4.74 Å². The number of carbonyl (C=O) groups is 1. The van der Waals surface area contributed by atoms with Gasteiger partial charge in [0.2, 0.25) is 0 Å². The van der Waals surface area contributed by atoms with Gasteiger partial charge in [-0.1, -0.05) is 54.6 Å². The van der Waals surface area contributed by atoms with Crippen LogP contribution < -0.4 is 32.9 Å². The molecule has 0 saturated carbocycles. The third kappa shape index (κ3) is 4.17. The highest BCUT2D eigenvalue weighted by Gasteiger charge is 2.58. The lowest BCUT2D eigenvalue weighted by molar-refractivity contribution is -0.128. The zero-order valence-electron chi connectivity index (χ0n) is 18.1. The van der Waals surface area contributed by atoms with E-state index < -0.39 is 7.26 Å². The molecule has 0 spiro atoms. The van der Waals surface area contributed by atoms with E-state index in [9.17, 15) is 4.79 Å². The average Bonchev–Trinajstić information content (AvgIpc) is 3.48. The highest BCUT2D eigenvalue weighted by molar-refractivity contribution is 7.96. The minimum Gasteiger partial charge on any atom is -1.00 e. The number of carbonyl (C=O) groups excluding carboxylic acids is 1. The number of hydrogen-bond acceptors (Lipinski definition) is 2. The SMILES string of the molecule is O=C1[C@@H]([P+](c2ccccc2)(c2ccccc2)c2ccccc2)CCN1C[C@H]1CCCO1.[Br-]. The van der Waals surface area contributed by atoms with Gasteiger partial charge in [-0.05, 0) is 49.2 Å². The van der Waals surface area contributed by atoms with Gasteiger partial charge >= 0.3 is 0 Å². The predicted molar refractivity (Wildman–Crippen MR) is 129 cm³/mol. The van der Waals surface area contributed by atoms with Crippen molar-refractivity contribution in [1.29, 1.82) is 0 Å². The Kier molecular flexibility index (Phi) is 7.45. The molecule has 2 heterocycles.